The fourth-order valence-electron chi connectivity index (χ4n) is 2.02. The van der Waals surface area contributed by atoms with E-state index in [-0.39, 0.29) is 22.1 Å². The normalized spacial score (nSPS) is 11.5. The summed E-state index contributed by atoms with van der Waals surface area (Å²) in [6.45, 7) is 0. The lowest BCUT2D eigenvalue weighted by molar-refractivity contribution is -0.384. The van der Waals surface area contributed by atoms with E-state index in [2.05, 4.69) is 10.6 Å². The lowest BCUT2D eigenvalue weighted by Crippen LogP contribution is -2.15. The fourth-order valence-corrected chi connectivity index (χ4v) is 2.20. The maximum Gasteiger partial charge on any atom is 0.416 e. The maximum atomic E-state index is 12.7. The van der Waals surface area contributed by atoms with Gasteiger partial charge < -0.3 is 10.6 Å². The van der Waals surface area contributed by atoms with Crippen LogP contribution in [0.2, 0.25) is 5.02 Å². The molecule has 2 N–H and O–H groups in total. The van der Waals surface area contributed by atoms with Crippen LogP contribution in [0, 0.1) is 21.4 Å². The van der Waals surface area contributed by atoms with E-state index >= 15 is 0 Å². The van der Waals surface area contributed by atoms with Gasteiger partial charge in [-0.25, -0.2) is 0 Å². The van der Waals surface area contributed by atoms with E-state index in [0.29, 0.717) is 0 Å². The van der Waals surface area contributed by atoms with E-state index in [1.54, 1.807) is 6.07 Å². The van der Waals surface area contributed by atoms with Crippen LogP contribution in [0.15, 0.2) is 54.2 Å². The number of nitriles is 1. The molecule has 0 aliphatic carbocycles. The van der Waals surface area contributed by atoms with Crippen molar-refractivity contribution in [3.63, 3.8) is 0 Å². The molecule has 0 aromatic heterocycles. The van der Waals surface area contributed by atoms with Gasteiger partial charge in [0, 0.05) is 23.6 Å². The van der Waals surface area contributed by atoms with Gasteiger partial charge in [0.05, 0.1) is 10.5 Å². The van der Waals surface area contributed by atoms with Gasteiger partial charge in [-0.15, -0.1) is 0 Å². The Morgan fingerprint density at radius 2 is 1.93 bits per heavy atom. The SMILES string of the molecule is N#C/C(=C/Nc1ccc(Cl)c([N+](=O)[O-])c1)C(=O)Nc1cccc(C(F)(F)F)c1. The number of amides is 1. The first-order valence-corrected chi connectivity index (χ1v) is 7.79. The first-order chi connectivity index (χ1) is 13.1. The summed E-state index contributed by atoms with van der Waals surface area (Å²) < 4.78 is 38.1. The van der Waals surface area contributed by atoms with Crippen molar-refractivity contribution in [1.29, 1.82) is 5.26 Å². The van der Waals surface area contributed by atoms with Gasteiger partial charge in [0.1, 0.15) is 16.7 Å². The van der Waals surface area contributed by atoms with Crippen molar-refractivity contribution in [3.05, 3.63) is 74.9 Å². The monoisotopic (exact) mass is 410 g/mol. The van der Waals surface area contributed by atoms with Crippen molar-refractivity contribution >= 4 is 34.6 Å². The number of nitrogens with zero attached hydrogens (tertiary/aromatic N) is 2. The van der Waals surface area contributed by atoms with Crippen molar-refractivity contribution in [2.75, 3.05) is 10.6 Å². The molecule has 0 spiro atoms. The van der Waals surface area contributed by atoms with Gasteiger partial charge in [-0.2, -0.15) is 18.4 Å². The molecule has 0 aliphatic rings. The predicted molar refractivity (Wildman–Crippen MR) is 95.5 cm³/mol. The number of carbonyl (C=O) groups is 1. The molecule has 0 bridgehead atoms. The Balaban J connectivity index is 2.17. The molecule has 2 aromatic carbocycles. The minimum Gasteiger partial charge on any atom is -0.360 e. The average Bonchev–Trinajstić information content (AvgIpc) is 2.62. The van der Waals surface area contributed by atoms with Crippen LogP contribution in [-0.4, -0.2) is 10.8 Å². The molecule has 0 saturated heterocycles. The first-order valence-electron chi connectivity index (χ1n) is 7.41. The van der Waals surface area contributed by atoms with E-state index in [0.717, 1.165) is 30.5 Å². The predicted octanol–water partition coefficient (Wildman–Crippen LogP) is 4.73. The van der Waals surface area contributed by atoms with Gasteiger partial charge in [-0.05, 0) is 30.3 Å². The summed E-state index contributed by atoms with van der Waals surface area (Å²) in [6, 6.07) is 9.23. The van der Waals surface area contributed by atoms with E-state index in [4.69, 9.17) is 16.9 Å². The summed E-state index contributed by atoms with van der Waals surface area (Å²) in [4.78, 5) is 22.3. The number of rotatable bonds is 5. The molecule has 2 rings (SSSR count). The quantitative estimate of drug-likeness (QED) is 0.321. The average molecular weight is 411 g/mol. The van der Waals surface area contributed by atoms with Crippen LogP contribution >= 0.6 is 11.6 Å². The Hall–Kier alpha value is -3.58. The molecule has 28 heavy (non-hydrogen) atoms. The van der Waals surface area contributed by atoms with Crippen molar-refractivity contribution in [3.8, 4) is 6.07 Å². The van der Waals surface area contributed by atoms with Crippen LogP contribution in [0.5, 0.6) is 0 Å². The number of carbonyl (C=O) groups excluding carboxylic acids is 1. The number of benzene rings is 2. The molecule has 11 heteroatoms. The molecule has 0 heterocycles. The molecule has 0 saturated carbocycles. The fraction of sp³-hybridized carbons (Fsp3) is 0.0588. The highest BCUT2D eigenvalue weighted by atomic mass is 35.5. The van der Waals surface area contributed by atoms with Gasteiger partial charge in [-0.1, -0.05) is 17.7 Å². The minimum atomic E-state index is -4.58. The minimum absolute atomic E-state index is 0.0951. The van der Waals surface area contributed by atoms with Gasteiger partial charge in [0.15, 0.2) is 0 Å². The Morgan fingerprint density at radius 1 is 1.21 bits per heavy atom. The van der Waals surface area contributed by atoms with E-state index in [9.17, 15) is 28.1 Å². The number of nitrogens with one attached hydrogen (secondary N) is 2. The highest BCUT2D eigenvalue weighted by molar-refractivity contribution is 6.32. The maximum absolute atomic E-state index is 12.7. The second-order valence-electron chi connectivity index (χ2n) is 5.27. The Bertz CT molecular complexity index is 1000. The van der Waals surface area contributed by atoms with Crippen LogP contribution in [-0.2, 0) is 11.0 Å². The third-order valence-electron chi connectivity index (χ3n) is 3.34. The molecule has 0 atom stereocenters. The van der Waals surface area contributed by atoms with Crippen molar-refractivity contribution in [2.45, 2.75) is 6.18 Å². The van der Waals surface area contributed by atoms with Crippen LogP contribution in [0.3, 0.4) is 0 Å². The Morgan fingerprint density at radius 3 is 2.54 bits per heavy atom. The number of hydrogen-bond donors (Lipinski definition) is 2. The van der Waals surface area contributed by atoms with Gasteiger partial charge in [0.2, 0.25) is 0 Å². The van der Waals surface area contributed by atoms with Crippen LogP contribution < -0.4 is 10.6 Å². The molecular formula is C17H10ClF3N4O3. The second kappa shape index (κ2) is 8.41. The van der Waals surface area contributed by atoms with Crippen LogP contribution in [0.1, 0.15) is 5.56 Å². The van der Waals surface area contributed by atoms with E-state index in [1.165, 1.54) is 18.2 Å². The first kappa shape index (κ1) is 20.7. The van der Waals surface area contributed by atoms with E-state index < -0.39 is 28.1 Å². The van der Waals surface area contributed by atoms with E-state index in [1.807, 2.05) is 0 Å². The molecule has 1 amide bonds. The lowest BCUT2D eigenvalue weighted by Gasteiger charge is -2.09. The van der Waals surface area contributed by atoms with Crippen molar-refractivity contribution in [1.82, 2.24) is 0 Å². The van der Waals surface area contributed by atoms with Gasteiger partial charge in [-0.3, -0.25) is 14.9 Å². The highest BCUT2D eigenvalue weighted by Gasteiger charge is 2.30. The second-order valence-corrected chi connectivity index (χ2v) is 5.68. The molecule has 0 radical (unpaired) electrons. The lowest BCUT2D eigenvalue weighted by atomic mass is 10.2. The third-order valence-corrected chi connectivity index (χ3v) is 3.66. The highest BCUT2D eigenvalue weighted by Crippen LogP contribution is 2.31. The zero-order valence-corrected chi connectivity index (χ0v) is 14.5. The van der Waals surface area contributed by atoms with Crippen molar-refractivity contribution in [2.24, 2.45) is 0 Å². The number of hydrogen-bond acceptors (Lipinski definition) is 5. The molecule has 0 fully saturated rings. The summed E-state index contributed by atoms with van der Waals surface area (Å²) in [7, 11) is 0. The van der Waals surface area contributed by atoms with Crippen molar-refractivity contribution < 1.29 is 22.9 Å². The number of nitro benzene ring substituents is 1. The molecule has 7 nitrogen and oxygen atoms in total. The molecule has 0 aliphatic heterocycles. The summed E-state index contributed by atoms with van der Waals surface area (Å²) in [5, 5.41) is 24.6. The van der Waals surface area contributed by atoms with Gasteiger partial charge in [0.25, 0.3) is 11.6 Å². The van der Waals surface area contributed by atoms with Crippen LogP contribution in [0.4, 0.5) is 30.2 Å². The standard InChI is InChI=1S/C17H10ClF3N4O3/c18-14-5-4-12(7-15(14)25(27)28)23-9-10(8-22)16(26)24-13-3-1-2-11(6-13)17(19,20)21/h1-7,9,23H,(H,24,26)/b10-9-. The topological polar surface area (TPSA) is 108 Å². The molecule has 144 valence electrons. The molecule has 2 aromatic rings. The number of anilines is 2. The summed E-state index contributed by atoms with van der Waals surface area (Å²) in [6.07, 6.45) is -3.62. The van der Waals surface area contributed by atoms with Gasteiger partial charge >= 0.3 is 6.18 Å². The molecule has 0 unspecified atom stereocenters. The Labute approximate surface area is 161 Å². The Kier molecular flexibility index (Phi) is 6.22. The zero-order valence-electron chi connectivity index (χ0n) is 13.7. The summed E-state index contributed by atoms with van der Waals surface area (Å²) in [5.74, 6) is -0.960. The summed E-state index contributed by atoms with van der Waals surface area (Å²) >= 11 is 5.69. The molecular weight excluding hydrogens is 401 g/mol. The summed E-state index contributed by atoms with van der Waals surface area (Å²) in [5.41, 5.74) is -1.78. The zero-order chi connectivity index (χ0) is 20.9. The number of halogens is 4. The number of nitro groups is 1. The number of alkyl halides is 3. The largest absolute Gasteiger partial charge is 0.416 e. The third kappa shape index (κ3) is 5.21. The van der Waals surface area contributed by atoms with Crippen LogP contribution in [0.25, 0.3) is 0 Å². The smallest absolute Gasteiger partial charge is 0.360 e.